The summed E-state index contributed by atoms with van der Waals surface area (Å²) in [5.74, 6) is -0.569. The van der Waals surface area contributed by atoms with Crippen molar-refractivity contribution >= 4 is 11.9 Å². The van der Waals surface area contributed by atoms with Crippen LogP contribution in [-0.4, -0.2) is 36.0 Å². The number of amides is 1. The van der Waals surface area contributed by atoms with Crippen LogP contribution in [0.15, 0.2) is 12.7 Å². The number of esters is 1. The Balaban J connectivity index is 2.91. The predicted octanol–water partition coefficient (Wildman–Crippen LogP) is 0.726. The second kappa shape index (κ2) is 3.82. The van der Waals surface area contributed by atoms with Crippen molar-refractivity contribution in [3.8, 4) is 0 Å². The van der Waals surface area contributed by atoms with Gasteiger partial charge in [-0.15, -0.1) is 0 Å². The van der Waals surface area contributed by atoms with E-state index < -0.39 is 5.54 Å². The van der Waals surface area contributed by atoms with Crippen LogP contribution in [-0.2, 0) is 14.3 Å². The van der Waals surface area contributed by atoms with E-state index in [0.29, 0.717) is 13.0 Å². The van der Waals surface area contributed by atoms with Crippen LogP contribution >= 0.6 is 0 Å². The molecule has 0 aliphatic carbocycles. The zero-order chi connectivity index (χ0) is 10.8. The molecule has 0 bridgehead atoms. The van der Waals surface area contributed by atoms with E-state index in [2.05, 4.69) is 6.58 Å². The number of methoxy groups -OCH3 is 1. The zero-order valence-corrected chi connectivity index (χ0v) is 8.58. The highest BCUT2D eigenvalue weighted by Gasteiger charge is 2.45. The summed E-state index contributed by atoms with van der Waals surface area (Å²) in [5, 5.41) is 0. The number of ether oxygens (including phenoxy) is 1. The van der Waals surface area contributed by atoms with Crippen molar-refractivity contribution in [2.24, 2.45) is 0 Å². The van der Waals surface area contributed by atoms with Crippen LogP contribution in [0.5, 0.6) is 0 Å². The third-order valence-corrected chi connectivity index (χ3v) is 2.71. The highest BCUT2D eigenvalue weighted by Crippen LogP contribution is 2.30. The molecule has 0 unspecified atom stereocenters. The zero-order valence-electron chi connectivity index (χ0n) is 8.58. The number of rotatable bonds is 2. The van der Waals surface area contributed by atoms with Crippen molar-refractivity contribution in [2.45, 2.75) is 25.3 Å². The van der Waals surface area contributed by atoms with Gasteiger partial charge in [-0.3, -0.25) is 4.79 Å². The monoisotopic (exact) mass is 197 g/mol. The first-order valence-electron chi connectivity index (χ1n) is 4.58. The summed E-state index contributed by atoms with van der Waals surface area (Å²) in [6, 6.07) is 0. The summed E-state index contributed by atoms with van der Waals surface area (Å²) in [7, 11) is 1.34. The molecule has 1 atom stereocenters. The van der Waals surface area contributed by atoms with Gasteiger partial charge in [0.1, 0.15) is 5.54 Å². The maximum Gasteiger partial charge on any atom is 0.331 e. The molecule has 4 nitrogen and oxygen atoms in total. The van der Waals surface area contributed by atoms with E-state index in [-0.39, 0.29) is 11.9 Å². The van der Waals surface area contributed by atoms with Crippen molar-refractivity contribution < 1.29 is 14.3 Å². The summed E-state index contributed by atoms with van der Waals surface area (Å²) in [6.07, 6.45) is 2.71. The number of hydrogen-bond acceptors (Lipinski definition) is 3. The molecule has 0 N–H and O–H groups in total. The number of carbonyl (C=O) groups excluding carboxylic acids is 2. The lowest BCUT2D eigenvalue weighted by Crippen LogP contribution is -2.50. The van der Waals surface area contributed by atoms with Crippen molar-refractivity contribution in [1.29, 1.82) is 0 Å². The SMILES string of the molecule is C=CC(=O)N1CCC[C@@]1(C)C(=O)OC. The van der Waals surface area contributed by atoms with Gasteiger partial charge in [0.25, 0.3) is 0 Å². The molecular weight excluding hydrogens is 182 g/mol. The molecule has 1 aliphatic rings. The minimum absolute atomic E-state index is 0.213. The number of nitrogens with zero attached hydrogens (tertiary/aromatic N) is 1. The largest absolute Gasteiger partial charge is 0.467 e. The molecular formula is C10H15NO3. The van der Waals surface area contributed by atoms with Crippen molar-refractivity contribution in [3.05, 3.63) is 12.7 Å². The molecule has 0 aromatic rings. The van der Waals surface area contributed by atoms with Crippen LogP contribution in [0.2, 0.25) is 0 Å². The second-order valence-electron chi connectivity index (χ2n) is 3.56. The maximum absolute atomic E-state index is 11.5. The standard InChI is InChI=1S/C10H15NO3/c1-4-8(12)11-7-5-6-10(11,2)9(13)14-3/h4H,1,5-7H2,2-3H3/t10-/m0/s1. The fourth-order valence-corrected chi connectivity index (χ4v) is 1.86. The van der Waals surface area contributed by atoms with Gasteiger partial charge in [0.05, 0.1) is 7.11 Å². The molecule has 1 rings (SSSR count). The average Bonchev–Trinajstić information content (AvgIpc) is 2.59. The van der Waals surface area contributed by atoms with E-state index in [1.165, 1.54) is 18.1 Å². The number of likely N-dealkylation sites (tertiary alicyclic amines) is 1. The molecule has 4 heteroatoms. The lowest BCUT2D eigenvalue weighted by Gasteiger charge is -2.31. The molecule has 0 aromatic carbocycles. The van der Waals surface area contributed by atoms with Gasteiger partial charge in [-0.1, -0.05) is 6.58 Å². The van der Waals surface area contributed by atoms with Gasteiger partial charge in [0, 0.05) is 6.54 Å². The first-order valence-corrected chi connectivity index (χ1v) is 4.58. The van der Waals surface area contributed by atoms with E-state index in [1.54, 1.807) is 6.92 Å². The minimum atomic E-state index is -0.806. The van der Waals surface area contributed by atoms with E-state index in [9.17, 15) is 9.59 Å². The average molecular weight is 197 g/mol. The quantitative estimate of drug-likeness (QED) is 0.484. The Morgan fingerprint density at radius 2 is 2.21 bits per heavy atom. The highest BCUT2D eigenvalue weighted by atomic mass is 16.5. The normalized spacial score (nSPS) is 26.0. The topological polar surface area (TPSA) is 46.6 Å². The predicted molar refractivity (Wildman–Crippen MR) is 51.6 cm³/mol. The summed E-state index contributed by atoms with van der Waals surface area (Å²) in [4.78, 5) is 24.5. The van der Waals surface area contributed by atoms with Gasteiger partial charge in [-0.25, -0.2) is 4.79 Å². The van der Waals surface area contributed by atoms with E-state index >= 15 is 0 Å². The van der Waals surface area contributed by atoms with Crippen molar-refractivity contribution in [1.82, 2.24) is 4.90 Å². The highest BCUT2D eigenvalue weighted by molar-refractivity contribution is 5.93. The molecule has 0 aromatic heterocycles. The van der Waals surface area contributed by atoms with Crippen LogP contribution in [0.3, 0.4) is 0 Å². The third-order valence-electron chi connectivity index (χ3n) is 2.71. The summed E-state index contributed by atoms with van der Waals surface area (Å²) in [5.41, 5.74) is -0.806. The summed E-state index contributed by atoms with van der Waals surface area (Å²) in [6.45, 7) is 5.74. The first kappa shape index (κ1) is 10.8. The van der Waals surface area contributed by atoms with Crippen LogP contribution in [0.4, 0.5) is 0 Å². The third kappa shape index (κ3) is 1.52. The van der Waals surface area contributed by atoms with Crippen molar-refractivity contribution in [3.63, 3.8) is 0 Å². The molecule has 0 radical (unpaired) electrons. The van der Waals surface area contributed by atoms with E-state index in [1.807, 2.05) is 0 Å². The molecule has 14 heavy (non-hydrogen) atoms. The van der Waals surface area contributed by atoms with Gasteiger partial charge in [-0.2, -0.15) is 0 Å². The van der Waals surface area contributed by atoms with Crippen LogP contribution in [0.25, 0.3) is 0 Å². The van der Waals surface area contributed by atoms with E-state index in [0.717, 1.165) is 6.42 Å². The molecule has 1 saturated heterocycles. The lowest BCUT2D eigenvalue weighted by molar-refractivity contribution is -0.156. The Labute approximate surface area is 83.5 Å². The minimum Gasteiger partial charge on any atom is -0.467 e. The maximum atomic E-state index is 11.5. The Hall–Kier alpha value is -1.32. The van der Waals surface area contributed by atoms with Crippen molar-refractivity contribution in [2.75, 3.05) is 13.7 Å². The summed E-state index contributed by atoms with van der Waals surface area (Å²) >= 11 is 0. The van der Waals surface area contributed by atoms with Crippen LogP contribution in [0.1, 0.15) is 19.8 Å². The lowest BCUT2D eigenvalue weighted by atomic mass is 9.99. The molecule has 1 fully saturated rings. The molecule has 1 aliphatic heterocycles. The Bertz CT molecular complexity index is 275. The Morgan fingerprint density at radius 3 is 2.71 bits per heavy atom. The Morgan fingerprint density at radius 1 is 1.57 bits per heavy atom. The molecule has 0 spiro atoms. The van der Waals surface area contributed by atoms with Gasteiger partial charge in [0.2, 0.25) is 5.91 Å². The number of hydrogen-bond donors (Lipinski definition) is 0. The molecule has 1 heterocycles. The fourth-order valence-electron chi connectivity index (χ4n) is 1.86. The Kier molecular flexibility index (Phi) is 2.93. The van der Waals surface area contributed by atoms with Gasteiger partial charge >= 0.3 is 5.97 Å². The van der Waals surface area contributed by atoms with Gasteiger partial charge in [0.15, 0.2) is 0 Å². The van der Waals surface area contributed by atoms with Crippen LogP contribution in [0, 0.1) is 0 Å². The van der Waals surface area contributed by atoms with E-state index in [4.69, 9.17) is 4.74 Å². The van der Waals surface area contributed by atoms with Gasteiger partial charge in [-0.05, 0) is 25.8 Å². The van der Waals surface area contributed by atoms with Crippen LogP contribution < -0.4 is 0 Å². The second-order valence-corrected chi connectivity index (χ2v) is 3.56. The molecule has 78 valence electrons. The smallest absolute Gasteiger partial charge is 0.331 e. The molecule has 0 saturated carbocycles. The fraction of sp³-hybridized carbons (Fsp3) is 0.600. The van der Waals surface area contributed by atoms with Gasteiger partial charge < -0.3 is 9.64 Å². The summed E-state index contributed by atoms with van der Waals surface area (Å²) < 4.78 is 4.69. The first-order chi connectivity index (χ1) is 6.56. The molecule has 1 amide bonds. The number of carbonyl (C=O) groups is 2.